The number of nitrogen functional groups attached to an aromatic ring is 1. The van der Waals surface area contributed by atoms with Crippen LogP contribution in [0.2, 0.25) is 0 Å². The van der Waals surface area contributed by atoms with E-state index < -0.39 is 11.7 Å². The smallest absolute Gasteiger partial charge is 0.259 e. The normalized spacial score (nSPS) is 10.3. The molecule has 104 valence electrons. The van der Waals surface area contributed by atoms with E-state index >= 15 is 0 Å². The Morgan fingerprint density at radius 2 is 2.10 bits per heavy atom. The molecule has 7 heteroatoms. The van der Waals surface area contributed by atoms with Crippen molar-refractivity contribution in [3.63, 3.8) is 0 Å². The summed E-state index contributed by atoms with van der Waals surface area (Å²) in [6, 6.07) is 3.99. The topological polar surface area (TPSA) is 85.1 Å². The first-order chi connectivity index (χ1) is 9.40. The summed E-state index contributed by atoms with van der Waals surface area (Å²) in [5.41, 5.74) is 5.87. The number of anilines is 2. The molecular weight excluding hydrogens is 281 g/mol. The number of hydrogen-bond donors (Lipinski definition) is 2. The number of carbonyl (C=O) groups is 2. The standard InChI is InChI=1S/C13H12FN3O2S/c1-6-11(7(2)18)20-13(16-6)17-12(19)8-4-3-5-9(14)10(8)15/h3-5H,15H2,1-2H3,(H,16,17,19). The molecule has 0 radical (unpaired) electrons. The second-order valence-corrected chi connectivity index (χ2v) is 5.14. The van der Waals surface area contributed by atoms with Gasteiger partial charge in [-0.15, -0.1) is 0 Å². The molecule has 1 amide bonds. The highest BCUT2D eigenvalue weighted by molar-refractivity contribution is 7.17. The Bertz CT molecular complexity index is 697. The first-order valence-corrected chi connectivity index (χ1v) is 6.55. The Balaban J connectivity index is 2.26. The third-order valence-electron chi connectivity index (χ3n) is 2.63. The fourth-order valence-electron chi connectivity index (χ4n) is 1.68. The molecule has 0 saturated carbocycles. The minimum atomic E-state index is -0.655. The molecule has 0 aliphatic rings. The van der Waals surface area contributed by atoms with E-state index in [0.717, 1.165) is 11.3 Å². The van der Waals surface area contributed by atoms with E-state index in [1.54, 1.807) is 6.92 Å². The van der Waals surface area contributed by atoms with Crippen LogP contribution in [-0.4, -0.2) is 16.7 Å². The number of benzene rings is 1. The number of hydrogen-bond acceptors (Lipinski definition) is 5. The average molecular weight is 293 g/mol. The number of thiazole rings is 1. The van der Waals surface area contributed by atoms with Gasteiger partial charge in [0.25, 0.3) is 5.91 Å². The van der Waals surface area contributed by atoms with Crippen molar-refractivity contribution in [2.75, 3.05) is 11.1 Å². The van der Waals surface area contributed by atoms with Crippen molar-refractivity contribution < 1.29 is 14.0 Å². The molecule has 0 bridgehead atoms. The number of nitrogens with zero attached hydrogens (tertiary/aromatic N) is 1. The maximum absolute atomic E-state index is 13.3. The third kappa shape index (κ3) is 2.67. The van der Waals surface area contributed by atoms with Crippen LogP contribution in [0.15, 0.2) is 18.2 Å². The highest BCUT2D eigenvalue weighted by atomic mass is 32.1. The fraction of sp³-hybridized carbons (Fsp3) is 0.154. The molecule has 2 aromatic rings. The van der Waals surface area contributed by atoms with Crippen LogP contribution in [-0.2, 0) is 0 Å². The summed E-state index contributed by atoms with van der Waals surface area (Å²) < 4.78 is 13.3. The van der Waals surface area contributed by atoms with Crippen molar-refractivity contribution in [2.24, 2.45) is 0 Å². The highest BCUT2D eigenvalue weighted by Crippen LogP contribution is 2.24. The minimum Gasteiger partial charge on any atom is -0.396 e. The van der Waals surface area contributed by atoms with Crippen molar-refractivity contribution in [1.82, 2.24) is 4.98 Å². The molecule has 0 atom stereocenters. The van der Waals surface area contributed by atoms with Gasteiger partial charge < -0.3 is 5.73 Å². The zero-order valence-corrected chi connectivity index (χ0v) is 11.7. The quantitative estimate of drug-likeness (QED) is 0.673. The number of rotatable bonds is 3. The van der Waals surface area contributed by atoms with Crippen LogP contribution < -0.4 is 11.1 Å². The molecule has 1 aromatic carbocycles. The van der Waals surface area contributed by atoms with Crippen LogP contribution in [0.25, 0.3) is 0 Å². The molecule has 0 saturated heterocycles. The predicted molar refractivity (Wildman–Crippen MR) is 75.6 cm³/mol. The van der Waals surface area contributed by atoms with E-state index in [1.807, 2.05) is 0 Å². The van der Waals surface area contributed by atoms with Crippen molar-refractivity contribution in [3.8, 4) is 0 Å². The molecule has 0 spiro atoms. The van der Waals surface area contributed by atoms with Gasteiger partial charge >= 0.3 is 0 Å². The Labute approximate surface area is 118 Å². The molecule has 1 heterocycles. The Morgan fingerprint density at radius 1 is 1.40 bits per heavy atom. The van der Waals surface area contributed by atoms with Crippen LogP contribution in [0, 0.1) is 12.7 Å². The molecule has 0 fully saturated rings. The monoisotopic (exact) mass is 293 g/mol. The van der Waals surface area contributed by atoms with Crippen LogP contribution in [0.1, 0.15) is 32.6 Å². The minimum absolute atomic E-state index is 0.0298. The van der Waals surface area contributed by atoms with Gasteiger partial charge in [-0.05, 0) is 19.1 Å². The van der Waals surface area contributed by atoms with Crippen LogP contribution in [0.4, 0.5) is 15.2 Å². The summed E-state index contributed by atoms with van der Waals surface area (Å²) in [5, 5.41) is 2.79. The van der Waals surface area contributed by atoms with Gasteiger partial charge in [0.1, 0.15) is 5.82 Å². The van der Waals surface area contributed by atoms with E-state index in [-0.39, 0.29) is 22.2 Å². The highest BCUT2D eigenvalue weighted by Gasteiger charge is 2.16. The van der Waals surface area contributed by atoms with Gasteiger partial charge in [0.15, 0.2) is 10.9 Å². The SMILES string of the molecule is CC(=O)c1sc(NC(=O)c2cccc(F)c2N)nc1C. The third-order valence-corrected chi connectivity index (χ3v) is 3.81. The van der Waals surface area contributed by atoms with E-state index in [4.69, 9.17) is 5.73 Å². The molecule has 0 aliphatic heterocycles. The first kappa shape index (κ1) is 14.1. The Kier molecular flexibility index (Phi) is 3.80. The number of halogens is 1. The van der Waals surface area contributed by atoms with Gasteiger partial charge in [-0.3, -0.25) is 14.9 Å². The zero-order valence-electron chi connectivity index (χ0n) is 10.9. The second kappa shape index (κ2) is 5.38. The fourth-order valence-corrected chi connectivity index (χ4v) is 2.53. The molecule has 0 unspecified atom stereocenters. The summed E-state index contributed by atoms with van der Waals surface area (Å²) in [6.45, 7) is 3.11. The maximum Gasteiger partial charge on any atom is 0.259 e. The summed E-state index contributed by atoms with van der Waals surface area (Å²) in [6.07, 6.45) is 0. The number of Topliss-reactive ketones (excluding diaryl/α,β-unsaturated/α-hetero) is 1. The van der Waals surface area contributed by atoms with Gasteiger partial charge in [-0.1, -0.05) is 17.4 Å². The van der Waals surface area contributed by atoms with Gasteiger partial charge in [0.2, 0.25) is 0 Å². The van der Waals surface area contributed by atoms with E-state index in [9.17, 15) is 14.0 Å². The summed E-state index contributed by atoms with van der Waals surface area (Å²) in [7, 11) is 0. The molecular formula is C13H12FN3O2S. The summed E-state index contributed by atoms with van der Waals surface area (Å²) >= 11 is 1.07. The number of nitrogens with two attached hydrogens (primary N) is 1. The van der Waals surface area contributed by atoms with E-state index in [1.165, 1.54) is 25.1 Å². The number of ketones is 1. The summed E-state index contributed by atoms with van der Waals surface area (Å²) in [5.74, 6) is -1.34. The lowest BCUT2D eigenvalue weighted by atomic mass is 10.1. The van der Waals surface area contributed by atoms with Crippen molar-refractivity contribution in [2.45, 2.75) is 13.8 Å². The molecule has 2 rings (SSSR count). The van der Waals surface area contributed by atoms with Gasteiger partial charge in [-0.2, -0.15) is 0 Å². The average Bonchev–Trinajstić information content (AvgIpc) is 2.73. The molecule has 20 heavy (non-hydrogen) atoms. The number of nitrogens with one attached hydrogen (secondary N) is 1. The van der Waals surface area contributed by atoms with Crippen molar-refractivity contribution in [3.05, 3.63) is 40.2 Å². The Hall–Kier alpha value is -2.28. The number of para-hydroxylation sites is 1. The maximum atomic E-state index is 13.3. The lowest BCUT2D eigenvalue weighted by Gasteiger charge is -2.05. The van der Waals surface area contributed by atoms with Crippen LogP contribution in [0.3, 0.4) is 0 Å². The Morgan fingerprint density at radius 3 is 2.70 bits per heavy atom. The second-order valence-electron chi connectivity index (χ2n) is 4.14. The number of aryl methyl sites for hydroxylation is 1. The van der Waals surface area contributed by atoms with Gasteiger partial charge in [-0.25, -0.2) is 9.37 Å². The number of amides is 1. The van der Waals surface area contributed by atoms with Crippen molar-refractivity contribution in [1.29, 1.82) is 0 Å². The van der Waals surface area contributed by atoms with Gasteiger partial charge in [0.05, 0.1) is 21.8 Å². The first-order valence-electron chi connectivity index (χ1n) is 5.74. The van der Waals surface area contributed by atoms with Gasteiger partial charge in [0, 0.05) is 6.92 Å². The van der Waals surface area contributed by atoms with Crippen molar-refractivity contribution >= 4 is 33.8 Å². The molecule has 0 aliphatic carbocycles. The number of aromatic nitrogens is 1. The number of carbonyl (C=O) groups excluding carboxylic acids is 2. The lowest BCUT2D eigenvalue weighted by molar-refractivity contribution is 0.101. The van der Waals surface area contributed by atoms with Crippen LogP contribution in [0.5, 0.6) is 0 Å². The lowest BCUT2D eigenvalue weighted by Crippen LogP contribution is -2.14. The van der Waals surface area contributed by atoms with E-state index in [2.05, 4.69) is 10.3 Å². The zero-order chi connectivity index (χ0) is 14.9. The van der Waals surface area contributed by atoms with E-state index in [0.29, 0.717) is 10.6 Å². The summed E-state index contributed by atoms with van der Waals surface area (Å²) in [4.78, 5) is 27.9. The molecule has 3 N–H and O–H groups in total. The molecule has 5 nitrogen and oxygen atoms in total. The molecule has 1 aromatic heterocycles. The predicted octanol–water partition coefficient (Wildman–Crippen LogP) is 2.63. The largest absolute Gasteiger partial charge is 0.396 e. The van der Waals surface area contributed by atoms with Crippen LogP contribution >= 0.6 is 11.3 Å².